The number of nitrogen functional groups attached to an aromatic ring is 1. The van der Waals surface area contributed by atoms with E-state index in [0.717, 1.165) is 54.0 Å². The first-order valence-corrected chi connectivity index (χ1v) is 23.6. The molecule has 7 aromatic rings. The summed E-state index contributed by atoms with van der Waals surface area (Å²) in [5.74, 6) is 0.582. The number of nitrogens with zero attached hydrogens (tertiary/aromatic N) is 9. The van der Waals surface area contributed by atoms with E-state index < -0.39 is 0 Å². The van der Waals surface area contributed by atoms with Gasteiger partial charge in [-0.25, -0.2) is 15.0 Å². The molecule has 1 aliphatic rings. The molecule has 14 nitrogen and oxygen atoms in total. The number of ether oxygens (including phenoxy) is 2. The number of hydrogen-bond acceptors (Lipinski definition) is 10. The van der Waals surface area contributed by atoms with Crippen molar-refractivity contribution >= 4 is 139 Å². The fourth-order valence-corrected chi connectivity index (χ4v) is 8.91. The van der Waals surface area contributed by atoms with E-state index in [1.54, 1.807) is 42.8 Å². The zero-order chi connectivity index (χ0) is 43.5. The smallest absolute Gasteiger partial charge is 0.398 e. The summed E-state index contributed by atoms with van der Waals surface area (Å²) in [6.45, 7) is 10.8. The molecule has 21 heteroatoms. The molecule has 8 heterocycles. The molecule has 0 spiro atoms. The minimum absolute atomic E-state index is 0. The summed E-state index contributed by atoms with van der Waals surface area (Å²) < 4.78 is 34.5. The standard InChI is InChI=1S/C11H9BrN4.C10H17BN2O2.C7H4BrIN2.C5H4BrIN2.C5H11BrO2.CH4/c1-15-10(2-3-14-15)9-6-8(12)7-16-5-4-13-11(9)16;1-9(2)10(3,4)15-11(14-9)8-6-7-12-13(8)5;8-5-3-6(9)7-10-1-2-11(7)4-5;6-3-1-4(7)5(8)9-2-3;1-3-8-5(4-6)7-2;/h2-7H,1H3;6-7H,1-5H3;1-4H;1-2H,(H2,8,9);5H,3-4H2,1-2H3;1H4. The van der Waals surface area contributed by atoms with Gasteiger partial charge in [0.1, 0.15) is 17.1 Å². The Morgan fingerprint density at radius 1 is 0.800 bits per heavy atom. The average molecular weight is 1310 g/mol. The van der Waals surface area contributed by atoms with E-state index in [-0.39, 0.29) is 32.0 Å². The van der Waals surface area contributed by atoms with Gasteiger partial charge in [0.15, 0.2) is 6.29 Å². The van der Waals surface area contributed by atoms with E-state index >= 15 is 0 Å². The first-order valence-electron chi connectivity index (χ1n) is 17.9. The lowest BCUT2D eigenvalue weighted by atomic mass is 9.85. The van der Waals surface area contributed by atoms with Gasteiger partial charge in [-0.2, -0.15) is 10.2 Å². The molecule has 8 rings (SSSR count). The van der Waals surface area contributed by atoms with Crippen LogP contribution < -0.4 is 11.3 Å². The number of fused-ring (bicyclic) bond motifs is 2. The summed E-state index contributed by atoms with van der Waals surface area (Å²) in [4.78, 5) is 12.5. The summed E-state index contributed by atoms with van der Waals surface area (Å²) in [7, 11) is 5.12. The van der Waals surface area contributed by atoms with Crippen LogP contribution in [0.25, 0.3) is 22.6 Å². The van der Waals surface area contributed by atoms with Crippen molar-refractivity contribution in [3.05, 3.63) is 107 Å². The minimum atomic E-state index is -0.317. The van der Waals surface area contributed by atoms with E-state index in [1.807, 2.05) is 111 Å². The van der Waals surface area contributed by atoms with Gasteiger partial charge in [-0.3, -0.25) is 9.36 Å². The van der Waals surface area contributed by atoms with Crippen molar-refractivity contribution in [1.82, 2.24) is 43.3 Å². The molecule has 60 heavy (non-hydrogen) atoms. The molecule has 0 aliphatic carbocycles. The zero-order valence-electron chi connectivity index (χ0n) is 33.7. The predicted molar refractivity (Wildman–Crippen MR) is 272 cm³/mol. The van der Waals surface area contributed by atoms with Gasteiger partial charge >= 0.3 is 7.12 Å². The molecule has 1 aliphatic heterocycles. The Morgan fingerprint density at radius 2 is 1.35 bits per heavy atom. The summed E-state index contributed by atoms with van der Waals surface area (Å²) in [5.41, 5.74) is 9.89. The van der Waals surface area contributed by atoms with Crippen LogP contribution in [0.5, 0.6) is 0 Å². The fraction of sp³-hybridized carbons (Fsp3) is 0.359. The van der Waals surface area contributed by atoms with Gasteiger partial charge in [-0.05, 0) is 158 Å². The second kappa shape index (κ2) is 24.2. The van der Waals surface area contributed by atoms with Crippen LogP contribution in [0.1, 0.15) is 42.0 Å². The van der Waals surface area contributed by atoms with Crippen molar-refractivity contribution in [2.24, 2.45) is 14.1 Å². The highest BCUT2D eigenvalue weighted by atomic mass is 127. The summed E-state index contributed by atoms with van der Waals surface area (Å²) in [5, 5.41) is 9.03. The van der Waals surface area contributed by atoms with Crippen molar-refractivity contribution in [2.75, 3.05) is 24.8 Å². The van der Waals surface area contributed by atoms with Crippen LogP contribution in [0.15, 0.2) is 99.5 Å². The Labute approximate surface area is 413 Å². The van der Waals surface area contributed by atoms with Crippen LogP contribution >= 0.6 is 109 Å². The van der Waals surface area contributed by atoms with Gasteiger partial charge in [0, 0.05) is 103 Å². The van der Waals surface area contributed by atoms with Gasteiger partial charge in [0.2, 0.25) is 0 Å². The lowest BCUT2D eigenvalue weighted by Crippen LogP contribution is -2.41. The van der Waals surface area contributed by atoms with E-state index in [4.69, 9.17) is 24.5 Å². The Hall–Kier alpha value is -1.97. The van der Waals surface area contributed by atoms with Crippen molar-refractivity contribution < 1.29 is 18.8 Å². The first kappa shape index (κ1) is 52.4. The quantitative estimate of drug-likeness (QED) is 0.0739. The number of rotatable bonds is 6. The number of aromatic nitrogens is 9. The normalized spacial score (nSPS) is 14.1. The van der Waals surface area contributed by atoms with E-state index in [9.17, 15) is 0 Å². The van der Waals surface area contributed by atoms with Crippen LogP contribution in [0.3, 0.4) is 0 Å². The van der Waals surface area contributed by atoms with Crippen LogP contribution in [-0.2, 0) is 32.9 Å². The summed E-state index contributed by atoms with van der Waals surface area (Å²) in [6.07, 6.45) is 16.6. The number of hydrogen-bond donors (Lipinski definition) is 1. The topological polar surface area (TPSA) is 146 Å². The van der Waals surface area contributed by atoms with Crippen molar-refractivity contribution in [3.63, 3.8) is 0 Å². The number of anilines is 1. The van der Waals surface area contributed by atoms with Crippen molar-refractivity contribution in [3.8, 4) is 11.3 Å². The largest absolute Gasteiger partial charge is 0.514 e. The maximum atomic E-state index is 5.91. The molecule has 0 bridgehead atoms. The Kier molecular flexibility index (Phi) is 21.1. The molecule has 0 aromatic carbocycles. The highest BCUT2D eigenvalue weighted by molar-refractivity contribution is 14.1. The Balaban J connectivity index is 0.000000205. The monoisotopic (exact) mass is 1300 g/mol. The van der Waals surface area contributed by atoms with E-state index in [0.29, 0.717) is 12.4 Å². The molecule has 7 aromatic heterocycles. The third-order valence-corrected chi connectivity index (χ3v) is 12.4. The molecule has 1 saturated heterocycles. The van der Waals surface area contributed by atoms with Gasteiger partial charge < -0.3 is 33.3 Å². The molecule has 0 saturated carbocycles. The molecule has 1 unspecified atom stereocenters. The van der Waals surface area contributed by atoms with Crippen LogP contribution in [0.2, 0.25) is 0 Å². The number of methoxy groups -OCH3 is 1. The van der Waals surface area contributed by atoms with Crippen molar-refractivity contribution in [2.45, 2.75) is 59.5 Å². The molecule has 0 amide bonds. The number of aryl methyl sites for hydroxylation is 2. The maximum Gasteiger partial charge on any atom is 0.514 e. The van der Waals surface area contributed by atoms with Gasteiger partial charge in [-0.15, -0.1) is 0 Å². The minimum Gasteiger partial charge on any atom is -0.398 e. The molecule has 1 atom stereocenters. The van der Waals surface area contributed by atoms with Crippen LogP contribution in [-0.4, -0.2) is 87.0 Å². The molecule has 1 fully saturated rings. The van der Waals surface area contributed by atoms with E-state index in [2.05, 4.69) is 140 Å². The molecular formula is C39H49BBr4I2N10O4. The molecule has 0 radical (unpaired) electrons. The zero-order valence-corrected chi connectivity index (χ0v) is 44.3. The number of alkyl halides is 1. The molecule has 324 valence electrons. The van der Waals surface area contributed by atoms with Gasteiger partial charge in [0.05, 0.1) is 35.0 Å². The number of pyridine rings is 3. The lowest BCUT2D eigenvalue weighted by molar-refractivity contribution is -0.102. The second-order valence-corrected chi connectivity index (χ2v) is 19.2. The predicted octanol–water partition coefficient (Wildman–Crippen LogP) is 9.98. The van der Waals surface area contributed by atoms with Gasteiger partial charge in [0.25, 0.3) is 0 Å². The van der Waals surface area contributed by atoms with E-state index in [1.165, 1.54) is 0 Å². The first-order chi connectivity index (χ1) is 27.9. The summed E-state index contributed by atoms with van der Waals surface area (Å²) >= 11 is 17.8. The number of imidazole rings is 2. The van der Waals surface area contributed by atoms with Crippen LogP contribution in [0.4, 0.5) is 5.82 Å². The number of nitrogens with two attached hydrogens (primary N) is 1. The molecular weight excluding hydrogens is 1260 g/mol. The van der Waals surface area contributed by atoms with Gasteiger partial charge in [-0.1, -0.05) is 23.4 Å². The highest BCUT2D eigenvalue weighted by Gasteiger charge is 2.52. The highest BCUT2D eigenvalue weighted by Crippen LogP contribution is 2.36. The number of halogens is 6. The Bertz CT molecular complexity index is 2390. The summed E-state index contributed by atoms with van der Waals surface area (Å²) in [6, 6.07) is 9.92. The SMILES string of the molecule is Brc1cc(I)c2nccn2c1.C.CCOC(CBr)OC.Cn1nccc1-c1cc(Br)cn2ccnc12.Cn1nccc1B1OC(C)(C)C(C)(C)O1.Nc1ncc(Br)cc1I. The average Bonchev–Trinajstić information content (AvgIpc) is 4.02. The fourth-order valence-electron chi connectivity index (χ4n) is 5.15. The third kappa shape index (κ3) is 14.3. The third-order valence-electron chi connectivity index (χ3n) is 8.89. The van der Waals surface area contributed by atoms with Crippen molar-refractivity contribution in [1.29, 1.82) is 0 Å². The van der Waals surface area contributed by atoms with Crippen LogP contribution in [0, 0.1) is 7.14 Å². The molecule has 2 N–H and O–H groups in total. The second-order valence-electron chi connectivity index (χ2n) is 13.5. The Morgan fingerprint density at radius 3 is 1.83 bits per heavy atom. The lowest BCUT2D eigenvalue weighted by Gasteiger charge is -2.32. The maximum absolute atomic E-state index is 5.91.